The summed E-state index contributed by atoms with van der Waals surface area (Å²) in [6.07, 6.45) is 6.33. The second-order valence-electron chi connectivity index (χ2n) is 6.81. The maximum atomic E-state index is 6.87. The Morgan fingerprint density at radius 2 is 1.72 bits per heavy atom. The van der Waals surface area contributed by atoms with Crippen molar-refractivity contribution in [2.45, 2.75) is 51.5 Å². The van der Waals surface area contributed by atoms with Gasteiger partial charge in [0.25, 0.3) is 0 Å². The summed E-state index contributed by atoms with van der Waals surface area (Å²) >= 11 is 0. The summed E-state index contributed by atoms with van der Waals surface area (Å²) in [4.78, 5) is 0. The SMILES string of the molecule is CC1CC(C)CC(C2(N)CCc3ccccc32)C1. The summed E-state index contributed by atoms with van der Waals surface area (Å²) in [5.74, 6) is 2.36. The molecular weight excluding hydrogens is 218 g/mol. The molecular formula is C17H25N. The lowest BCUT2D eigenvalue weighted by Crippen LogP contribution is -2.45. The van der Waals surface area contributed by atoms with Crippen molar-refractivity contribution in [1.82, 2.24) is 0 Å². The Labute approximate surface area is 111 Å². The first-order valence-corrected chi connectivity index (χ1v) is 7.47. The van der Waals surface area contributed by atoms with Gasteiger partial charge in [0.2, 0.25) is 0 Å². The summed E-state index contributed by atoms with van der Waals surface area (Å²) in [6.45, 7) is 4.79. The third kappa shape index (κ3) is 1.89. The third-order valence-corrected chi connectivity index (χ3v) is 5.23. The zero-order valence-electron chi connectivity index (χ0n) is 11.7. The highest BCUT2D eigenvalue weighted by molar-refractivity contribution is 5.39. The van der Waals surface area contributed by atoms with Crippen LogP contribution >= 0.6 is 0 Å². The normalized spacial score (nSPS) is 39.6. The Morgan fingerprint density at radius 3 is 2.44 bits per heavy atom. The molecule has 2 N–H and O–H groups in total. The summed E-state index contributed by atoms with van der Waals surface area (Å²) in [7, 11) is 0. The van der Waals surface area contributed by atoms with Gasteiger partial charge in [-0.3, -0.25) is 0 Å². The van der Waals surface area contributed by atoms with Crippen molar-refractivity contribution in [2.75, 3.05) is 0 Å². The molecule has 0 radical (unpaired) electrons. The fraction of sp³-hybridized carbons (Fsp3) is 0.647. The molecule has 3 atom stereocenters. The molecule has 0 aliphatic heterocycles. The van der Waals surface area contributed by atoms with E-state index in [-0.39, 0.29) is 5.54 Å². The van der Waals surface area contributed by atoms with Crippen LogP contribution in [0.1, 0.15) is 50.7 Å². The van der Waals surface area contributed by atoms with Crippen molar-refractivity contribution in [3.8, 4) is 0 Å². The second-order valence-corrected chi connectivity index (χ2v) is 6.81. The average Bonchev–Trinajstić information content (AvgIpc) is 2.68. The van der Waals surface area contributed by atoms with E-state index >= 15 is 0 Å². The molecule has 2 aliphatic carbocycles. The van der Waals surface area contributed by atoms with E-state index in [4.69, 9.17) is 5.73 Å². The molecule has 0 bridgehead atoms. The minimum Gasteiger partial charge on any atom is -0.321 e. The highest BCUT2D eigenvalue weighted by atomic mass is 14.8. The first-order valence-electron chi connectivity index (χ1n) is 7.47. The zero-order valence-corrected chi connectivity index (χ0v) is 11.7. The van der Waals surface area contributed by atoms with Crippen LogP contribution in [0.4, 0.5) is 0 Å². The minimum atomic E-state index is -0.0421. The van der Waals surface area contributed by atoms with Crippen LogP contribution in [0, 0.1) is 17.8 Å². The fourth-order valence-electron chi connectivity index (χ4n) is 4.46. The number of nitrogens with two attached hydrogens (primary N) is 1. The van der Waals surface area contributed by atoms with Crippen LogP contribution < -0.4 is 5.73 Å². The molecule has 0 spiro atoms. The number of hydrogen-bond donors (Lipinski definition) is 1. The molecule has 98 valence electrons. The van der Waals surface area contributed by atoms with E-state index < -0.39 is 0 Å². The molecule has 0 heterocycles. The molecule has 1 nitrogen and oxygen atoms in total. The molecule has 3 unspecified atom stereocenters. The molecule has 18 heavy (non-hydrogen) atoms. The Balaban J connectivity index is 1.92. The third-order valence-electron chi connectivity index (χ3n) is 5.23. The van der Waals surface area contributed by atoms with Gasteiger partial charge >= 0.3 is 0 Å². The standard InChI is InChI=1S/C17H25N/c1-12-9-13(2)11-15(10-12)17(18)8-7-14-5-3-4-6-16(14)17/h3-6,12-13,15H,7-11,18H2,1-2H3. The first-order chi connectivity index (χ1) is 8.59. The highest BCUT2D eigenvalue weighted by Gasteiger charge is 2.43. The van der Waals surface area contributed by atoms with Crippen molar-refractivity contribution < 1.29 is 0 Å². The Bertz CT molecular complexity index is 429. The average molecular weight is 243 g/mol. The van der Waals surface area contributed by atoms with Crippen molar-refractivity contribution in [3.63, 3.8) is 0 Å². The molecule has 2 aliphatic rings. The minimum absolute atomic E-state index is 0.0421. The number of benzene rings is 1. The number of hydrogen-bond acceptors (Lipinski definition) is 1. The van der Waals surface area contributed by atoms with Crippen LogP contribution in [0.2, 0.25) is 0 Å². The van der Waals surface area contributed by atoms with Crippen LogP contribution in [0.5, 0.6) is 0 Å². The smallest absolute Gasteiger partial charge is 0.0444 e. The zero-order chi connectivity index (χ0) is 12.8. The van der Waals surface area contributed by atoms with E-state index in [1.54, 1.807) is 0 Å². The van der Waals surface area contributed by atoms with E-state index in [1.165, 1.54) is 36.8 Å². The fourth-order valence-corrected chi connectivity index (χ4v) is 4.46. The van der Waals surface area contributed by atoms with Gasteiger partial charge in [-0.15, -0.1) is 0 Å². The summed E-state index contributed by atoms with van der Waals surface area (Å²) in [6, 6.07) is 8.84. The predicted octanol–water partition coefficient (Wildman–Crippen LogP) is 3.86. The highest BCUT2D eigenvalue weighted by Crippen LogP contribution is 2.47. The van der Waals surface area contributed by atoms with Gasteiger partial charge in [-0.05, 0) is 61.0 Å². The lowest BCUT2D eigenvalue weighted by molar-refractivity contribution is 0.134. The van der Waals surface area contributed by atoms with E-state index in [1.807, 2.05) is 0 Å². The Kier molecular flexibility index (Phi) is 2.97. The Morgan fingerprint density at radius 1 is 1.06 bits per heavy atom. The van der Waals surface area contributed by atoms with Crippen molar-refractivity contribution in [1.29, 1.82) is 0 Å². The molecule has 0 aromatic heterocycles. The number of aryl methyl sites for hydroxylation is 1. The van der Waals surface area contributed by atoms with Gasteiger partial charge in [-0.25, -0.2) is 0 Å². The van der Waals surface area contributed by atoms with Crippen LogP contribution in [-0.4, -0.2) is 0 Å². The largest absolute Gasteiger partial charge is 0.321 e. The lowest BCUT2D eigenvalue weighted by atomic mass is 9.66. The summed E-state index contributed by atoms with van der Waals surface area (Å²) < 4.78 is 0. The quantitative estimate of drug-likeness (QED) is 0.796. The summed E-state index contributed by atoms with van der Waals surface area (Å²) in [5, 5.41) is 0. The predicted molar refractivity (Wildman–Crippen MR) is 76.3 cm³/mol. The van der Waals surface area contributed by atoms with Crippen LogP contribution in [-0.2, 0) is 12.0 Å². The van der Waals surface area contributed by atoms with Crippen LogP contribution in [0.15, 0.2) is 24.3 Å². The molecule has 0 amide bonds. The van der Waals surface area contributed by atoms with Gasteiger partial charge in [0.1, 0.15) is 0 Å². The van der Waals surface area contributed by atoms with Gasteiger partial charge in [-0.1, -0.05) is 38.1 Å². The van der Waals surface area contributed by atoms with E-state index in [9.17, 15) is 0 Å². The maximum absolute atomic E-state index is 6.87. The number of fused-ring (bicyclic) bond motifs is 1. The molecule has 1 aromatic carbocycles. The van der Waals surface area contributed by atoms with Gasteiger partial charge in [-0.2, -0.15) is 0 Å². The van der Waals surface area contributed by atoms with Crippen molar-refractivity contribution in [2.24, 2.45) is 23.5 Å². The maximum Gasteiger partial charge on any atom is 0.0444 e. The van der Waals surface area contributed by atoms with Crippen molar-refractivity contribution in [3.05, 3.63) is 35.4 Å². The second kappa shape index (κ2) is 4.38. The molecule has 1 aromatic rings. The molecule has 1 heteroatoms. The monoisotopic (exact) mass is 243 g/mol. The lowest BCUT2D eigenvalue weighted by Gasteiger charge is -2.42. The Hall–Kier alpha value is -0.820. The van der Waals surface area contributed by atoms with Crippen LogP contribution in [0.3, 0.4) is 0 Å². The summed E-state index contributed by atoms with van der Waals surface area (Å²) in [5.41, 5.74) is 9.76. The first kappa shape index (κ1) is 12.2. The topological polar surface area (TPSA) is 26.0 Å². The van der Waals surface area contributed by atoms with Gasteiger partial charge in [0.05, 0.1) is 0 Å². The van der Waals surface area contributed by atoms with Crippen molar-refractivity contribution >= 4 is 0 Å². The van der Waals surface area contributed by atoms with Gasteiger partial charge in [0.15, 0.2) is 0 Å². The van der Waals surface area contributed by atoms with Gasteiger partial charge in [0, 0.05) is 5.54 Å². The molecule has 0 saturated heterocycles. The molecule has 1 saturated carbocycles. The number of rotatable bonds is 1. The van der Waals surface area contributed by atoms with E-state index in [2.05, 4.69) is 38.1 Å². The van der Waals surface area contributed by atoms with E-state index in [0.717, 1.165) is 18.3 Å². The molecule has 1 fully saturated rings. The van der Waals surface area contributed by atoms with Crippen LogP contribution in [0.25, 0.3) is 0 Å². The molecule has 3 rings (SSSR count). The van der Waals surface area contributed by atoms with Gasteiger partial charge < -0.3 is 5.73 Å². The van der Waals surface area contributed by atoms with E-state index in [0.29, 0.717) is 5.92 Å².